The van der Waals surface area contributed by atoms with Crippen molar-refractivity contribution >= 4 is 11.9 Å². The molecule has 0 saturated carbocycles. The molecule has 0 saturated heterocycles. The van der Waals surface area contributed by atoms with Gasteiger partial charge in [0, 0.05) is 0 Å². The first kappa shape index (κ1) is 15.7. The smallest absolute Gasteiger partial charge is 0.405 e. The fraction of sp³-hybridized carbons (Fsp3) is 0.778. The second-order valence-corrected chi connectivity index (χ2v) is 3.24. The Morgan fingerprint density at radius 3 is 2.41 bits per heavy atom. The summed E-state index contributed by atoms with van der Waals surface area (Å²) in [5, 5.41) is 4.15. The van der Waals surface area contributed by atoms with Gasteiger partial charge in [0.05, 0.1) is 19.2 Å². The van der Waals surface area contributed by atoms with Crippen molar-refractivity contribution in [2.24, 2.45) is 0 Å². The summed E-state index contributed by atoms with van der Waals surface area (Å²) < 4.78 is 39.9. The molecule has 0 aliphatic carbocycles. The van der Waals surface area contributed by atoms with Crippen LogP contribution < -0.4 is 10.6 Å². The Hall–Kier alpha value is -1.31. The highest BCUT2D eigenvalue weighted by atomic mass is 19.4. The number of amides is 1. The monoisotopic (exact) mass is 256 g/mol. The first-order valence-corrected chi connectivity index (χ1v) is 4.99. The van der Waals surface area contributed by atoms with Crippen molar-refractivity contribution in [1.29, 1.82) is 0 Å². The van der Waals surface area contributed by atoms with Gasteiger partial charge < -0.3 is 10.1 Å². The van der Waals surface area contributed by atoms with E-state index in [2.05, 4.69) is 10.1 Å². The number of hydrogen-bond donors (Lipinski definition) is 2. The minimum Gasteiger partial charge on any atom is -0.465 e. The zero-order chi connectivity index (χ0) is 13.5. The molecule has 0 aromatic carbocycles. The standard InChI is InChI=1S/C9H15F3N2O3/c1-3-17-7(15)4-13-6(2)8(16)14-5-9(10,11)12/h6,13H,3-5H2,1-2H3,(H,14,16). The Labute approximate surface area is 96.7 Å². The Balaban J connectivity index is 3.86. The second-order valence-electron chi connectivity index (χ2n) is 3.24. The summed E-state index contributed by atoms with van der Waals surface area (Å²) in [6, 6.07) is -0.901. The zero-order valence-electron chi connectivity index (χ0n) is 9.56. The maximum absolute atomic E-state index is 11.8. The van der Waals surface area contributed by atoms with Crippen LogP contribution in [0, 0.1) is 0 Å². The molecule has 100 valence electrons. The van der Waals surface area contributed by atoms with E-state index in [0.717, 1.165) is 0 Å². The molecule has 1 atom stereocenters. The lowest BCUT2D eigenvalue weighted by Crippen LogP contribution is -2.46. The van der Waals surface area contributed by atoms with Crippen LogP contribution >= 0.6 is 0 Å². The van der Waals surface area contributed by atoms with Gasteiger partial charge >= 0.3 is 12.1 Å². The van der Waals surface area contributed by atoms with Crippen LogP contribution in [0.3, 0.4) is 0 Å². The SMILES string of the molecule is CCOC(=O)CNC(C)C(=O)NCC(F)(F)F. The third-order valence-corrected chi connectivity index (χ3v) is 1.71. The number of halogens is 3. The summed E-state index contributed by atoms with van der Waals surface area (Å²) in [6.45, 7) is 1.56. The summed E-state index contributed by atoms with van der Waals surface area (Å²) >= 11 is 0. The lowest BCUT2D eigenvalue weighted by Gasteiger charge is -2.14. The largest absolute Gasteiger partial charge is 0.465 e. The molecule has 1 unspecified atom stereocenters. The summed E-state index contributed by atoms with van der Waals surface area (Å²) in [5.74, 6) is -1.39. The number of esters is 1. The van der Waals surface area contributed by atoms with Crippen LogP contribution in [0.25, 0.3) is 0 Å². The van der Waals surface area contributed by atoms with Crippen molar-refractivity contribution in [1.82, 2.24) is 10.6 Å². The predicted molar refractivity (Wildman–Crippen MR) is 53.2 cm³/mol. The van der Waals surface area contributed by atoms with E-state index in [1.165, 1.54) is 6.92 Å². The van der Waals surface area contributed by atoms with Crippen molar-refractivity contribution in [3.05, 3.63) is 0 Å². The number of hydrogen-bond acceptors (Lipinski definition) is 4. The van der Waals surface area contributed by atoms with E-state index in [1.807, 2.05) is 0 Å². The van der Waals surface area contributed by atoms with E-state index in [0.29, 0.717) is 0 Å². The molecular formula is C9H15F3N2O3. The van der Waals surface area contributed by atoms with Gasteiger partial charge in [-0.15, -0.1) is 0 Å². The predicted octanol–water partition coefficient (Wildman–Crippen LogP) is 0.206. The molecule has 2 N–H and O–H groups in total. The van der Waals surface area contributed by atoms with Crippen molar-refractivity contribution in [2.45, 2.75) is 26.1 Å². The van der Waals surface area contributed by atoms with Crippen molar-refractivity contribution in [2.75, 3.05) is 19.7 Å². The summed E-state index contributed by atoms with van der Waals surface area (Å²) in [6.07, 6.45) is -4.45. The molecule has 0 aliphatic rings. The van der Waals surface area contributed by atoms with Crippen LogP contribution in [0.4, 0.5) is 13.2 Å². The van der Waals surface area contributed by atoms with Crippen LogP contribution in [0.2, 0.25) is 0 Å². The maximum atomic E-state index is 11.8. The normalized spacial score (nSPS) is 13.0. The summed E-state index contributed by atoms with van der Waals surface area (Å²) in [7, 11) is 0. The molecule has 17 heavy (non-hydrogen) atoms. The van der Waals surface area contributed by atoms with Crippen LogP contribution in [0.5, 0.6) is 0 Å². The highest BCUT2D eigenvalue weighted by Crippen LogP contribution is 2.12. The molecule has 5 nitrogen and oxygen atoms in total. The number of carbonyl (C=O) groups is 2. The molecule has 1 amide bonds. The lowest BCUT2D eigenvalue weighted by molar-refractivity contribution is -0.143. The number of carbonyl (C=O) groups excluding carboxylic acids is 2. The van der Waals surface area contributed by atoms with Crippen LogP contribution in [0.15, 0.2) is 0 Å². The first-order chi connectivity index (χ1) is 7.76. The minimum absolute atomic E-state index is 0.204. The molecular weight excluding hydrogens is 241 g/mol. The topological polar surface area (TPSA) is 67.4 Å². The van der Waals surface area contributed by atoms with Crippen molar-refractivity contribution in [3.63, 3.8) is 0 Å². The van der Waals surface area contributed by atoms with Gasteiger partial charge in [0.15, 0.2) is 0 Å². The van der Waals surface area contributed by atoms with Crippen molar-refractivity contribution < 1.29 is 27.5 Å². The van der Waals surface area contributed by atoms with Gasteiger partial charge in [0.1, 0.15) is 6.54 Å². The van der Waals surface area contributed by atoms with Crippen LogP contribution in [0.1, 0.15) is 13.8 Å². The number of nitrogens with one attached hydrogen (secondary N) is 2. The maximum Gasteiger partial charge on any atom is 0.405 e. The number of rotatable bonds is 6. The fourth-order valence-corrected chi connectivity index (χ4v) is 0.882. The third kappa shape index (κ3) is 8.49. The Kier molecular flexibility index (Phi) is 6.55. The molecule has 0 bridgehead atoms. The zero-order valence-corrected chi connectivity index (χ0v) is 9.56. The summed E-state index contributed by atoms with van der Waals surface area (Å²) in [5.41, 5.74) is 0. The molecule has 0 aromatic heterocycles. The summed E-state index contributed by atoms with van der Waals surface area (Å²) in [4.78, 5) is 22.0. The Morgan fingerprint density at radius 1 is 1.35 bits per heavy atom. The van der Waals surface area contributed by atoms with E-state index >= 15 is 0 Å². The van der Waals surface area contributed by atoms with Gasteiger partial charge in [-0.25, -0.2) is 0 Å². The van der Waals surface area contributed by atoms with Gasteiger partial charge in [-0.1, -0.05) is 0 Å². The van der Waals surface area contributed by atoms with E-state index < -0.39 is 30.6 Å². The second kappa shape index (κ2) is 7.10. The third-order valence-electron chi connectivity index (χ3n) is 1.71. The average Bonchev–Trinajstić information content (AvgIpc) is 2.22. The quantitative estimate of drug-likeness (QED) is 0.666. The van der Waals surface area contributed by atoms with E-state index in [1.54, 1.807) is 12.2 Å². The van der Waals surface area contributed by atoms with E-state index in [4.69, 9.17) is 0 Å². The molecule has 0 spiro atoms. The first-order valence-electron chi connectivity index (χ1n) is 4.99. The molecule has 0 aromatic rings. The van der Waals surface area contributed by atoms with E-state index in [9.17, 15) is 22.8 Å². The Morgan fingerprint density at radius 2 is 1.94 bits per heavy atom. The van der Waals surface area contributed by atoms with Gasteiger partial charge in [0.25, 0.3) is 0 Å². The number of ether oxygens (including phenoxy) is 1. The fourth-order valence-electron chi connectivity index (χ4n) is 0.882. The lowest BCUT2D eigenvalue weighted by atomic mass is 10.3. The number of alkyl halides is 3. The molecule has 0 radical (unpaired) electrons. The molecule has 0 fully saturated rings. The molecule has 0 heterocycles. The van der Waals surface area contributed by atoms with Crippen LogP contribution in [-0.2, 0) is 14.3 Å². The van der Waals surface area contributed by atoms with Gasteiger partial charge in [-0.3, -0.25) is 14.9 Å². The highest BCUT2D eigenvalue weighted by Gasteiger charge is 2.28. The molecule has 0 aliphatic heterocycles. The average molecular weight is 256 g/mol. The van der Waals surface area contributed by atoms with Crippen molar-refractivity contribution in [3.8, 4) is 0 Å². The van der Waals surface area contributed by atoms with E-state index in [-0.39, 0.29) is 13.2 Å². The van der Waals surface area contributed by atoms with Gasteiger partial charge in [0.2, 0.25) is 5.91 Å². The molecule has 0 rings (SSSR count). The minimum atomic E-state index is -4.45. The highest BCUT2D eigenvalue weighted by molar-refractivity contribution is 5.82. The Bertz CT molecular complexity index is 269. The van der Waals surface area contributed by atoms with Crippen LogP contribution in [-0.4, -0.2) is 43.8 Å². The van der Waals surface area contributed by atoms with Gasteiger partial charge in [-0.2, -0.15) is 13.2 Å². The van der Waals surface area contributed by atoms with Gasteiger partial charge in [-0.05, 0) is 13.8 Å². The molecule has 8 heteroatoms.